The number of allylic oxidation sites excluding steroid dienone is 1. The predicted molar refractivity (Wildman–Crippen MR) is 70.0 cm³/mol. The molecule has 1 aromatic rings. The Bertz CT molecular complexity index is 466. The smallest absolute Gasteiger partial charge is 0.167 e. The molecule has 5 heteroatoms. The first-order valence-electron chi connectivity index (χ1n) is 5.38. The zero-order valence-corrected chi connectivity index (χ0v) is 10.1. The molecule has 1 rings (SSSR count). The zero-order chi connectivity index (χ0) is 13.4. The molecule has 1 aromatic carbocycles. The van der Waals surface area contributed by atoms with Gasteiger partial charge in [-0.1, -0.05) is 30.3 Å². The van der Waals surface area contributed by atoms with Crippen LogP contribution in [-0.4, -0.2) is 36.9 Å². The molecule has 0 fully saturated rings. The van der Waals surface area contributed by atoms with Crippen LogP contribution in [0.3, 0.4) is 0 Å². The van der Waals surface area contributed by atoms with E-state index in [1.165, 1.54) is 6.20 Å². The van der Waals surface area contributed by atoms with Gasteiger partial charge in [0.05, 0.1) is 18.4 Å². The van der Waals surface area contributed by atoms with Gasteiger partial charge < -0.3 is 15.4 Å². The van der Waals surface area contributed by atoms with E-state index in [1.54, 1.807) is 11.9 Å². The number of nitrogens with two attached hydrogens (primary N) is 1. The minimum absolute atomic E-state index is 0.0305. The molecule has 2 N–H and O–H groups in total. The molecule has 0 aliphatic carbocycles. The fourth-order valence-electron chi connectivity index (χ4n) is 1.35. The van der Waals surface area contributed by atoms with E-state index in [0.29, 0.717) is 12.1 Å². The third kappa shape index (κ3) is 3.86. The number of amidine groups is 1. The van der Waals surface area contributed by atoms with Gasteiger partial charge in [0.2, 0.25) is 0 Å². The number of aldehydes is 2. The van der Waals surface area contributed by atoms with Crippen LogP contribution in [0.2, 0.25) is 0 Å². The highest BCUT2D eigenvalue weighted by Crippen LogP contribution is 2.05. The summed E-state index contributed by atoms with van der Waals surface area (Å²) in [6.07, 6.45) is 2.58. The number of aliphatic imine (C=N–C) groups is 1. The van der Waals surface area contributed by atoms with E-state index in [2.05, 4.69) is 4.99 Å². The quantitative estimate of drug-likeness (QED) is 0.356. The first-order valence-corrected chi connectivity index (χ1v) is 5.38. The number of hydrogen-bond acceptors (Lipinski definition) is 4. The Balaban J connectivity index is 3.10. The van der Waals surface area contributed by atoms with Crippen molar-refractivity contribution < 1.29 is 9.59 Å². The monoisotopic (exact) mass is 245 g/mol. The molecule has 0 radical (unpaired) electrons. The molecule has 18 heavy (non-hydrogen) atoms. The lowest BCUT2D eigenvalue weighted by molar-refractivity contribution is -0.108. The van der Waals surface area contributed by atoms with Gasteiger partial charge in [0.1, 0.15) is 12.1 Å². The van der Waals surface area contributed by atoms with Crippen molar-refractivity contribution in [1.82, 2.24) is 4.90 Å². The second kappa shape index (κ2) is 7.01. The summed E-state index contributed by atoms with van der Waals surface area (Å²) in [7, 11) is 1.74. The van der Waals surface area contributed by atoms with Gasteiger partial charge in [-0.2, -0.15) is 0 Å². The number of hydrogen-bond donors (Lipinski definition) is 1. The van der Waals surface area contributed by atoms with Gasteiger partial charge in [0, 0.05) is 12.6 Å². The summed E-state index contributed by atoms with van der Waals surface area (Å²) in [5.41, 5.74) is 6.25. The molecule has 0 aromatic heterocycles. The van der Waals surface area contributed by atoms with E-state index in [4.69, 9.17) is 5.73 Å². The van der Waals surface area contributed by atoms with Gasteiger partial charge in [0.25, 0.3) is 0 Å². The maximum absolute atomic E-state index is 10.6. The van der Waals surface area contributed by atoms with Crippen molar-refractivity contribution >= 4 is 18.4 Å². The van der Waals surface area contributed by atoms with Crippen LogP contribution in [0.15, 0.2) is 47.2 Å². The van der Waals surface area contributed by atoms with Crippen LogP contribution in [0, 0.1) is 0 Å². The average molecular weight is 245 g/mol. The Morgan fingerprint density at radius 2 is 2.00 bits per heavy atom. The summed E-state index contributed by atoms with van der Waals surface area (Å²) in [5.74, 6) is 0.576. The fourth-order valence-corrected chi connectivity index (χ4v) is 1.35. The fraction of sp³-hybridized carbons (Fsp3) is 0.154. The van der Waals surface area contributed by atoms with Crippen molar-refractivity contribution in [3.05, 3.63) is 47.8 Å². The molecular weight excluding hydrogens is 230 g/mol. The summed E-state index contributed by atoms with van der Waals surface area (Å²) >= 11 is 0. The van der Waals surface area contributed by atoms with E-state index >= 15 is 0 Å². The number of benzene rings is 1. The van der Waals surface area contributed by atoms with E-state index < -0.39 is 0 Å². The van der Waals surface area contributed by atoms with Gasteiger partial charge >= 0.3 is 0 Å². The number of nitrogens with zero attached hydrogens (tertiary/aromatic N) is 2. The second-order valence-electron chi connectivity index (χ2n) is 3.61. The molecule has 0 aliphatic heterocycles. The van der Waals surface area contributed by atoms with Crippen molar-refractivity contribution in [2.24, 2.45) is 10.7 Å². The van der Waals surface area contributed by atoms with Crippen molar-refractivity contribution in [3.8, 4) is 0 Å². The molecule has 0 saturated heterocycles. The highest BCUT2D eigenvalue weighted by Gasteiger charge is 2.07. The molecule has 0 bridgehead atoms. The molecular formula is C13H15N3O2. The Morgan fingerprint density at radius 1 is 1.33 bits per heavy atom. The Kier molecular flexibility index (Phi) is 5.31. The van der Waals surface area contributed by atoms with Crippen molar-refractivity contribution in [1.29, 1.82) is 0 Å². The van der Waals surface area contributed by atoms with Crippen LogP contribution < -0.4 is 5.73 Å². The van der Waals surface area contributed by atoms with Gasteiger partial charge in [0.15, 0.2) is 6.29 Å². The molecule has 0 saturated carbocycles. The highest BCUT2D eigenvalue weighted by molar-refractivity contribution is 5.99. The van der Waals surface area contributed by atoms with Gasteiger partial charge in [-0.05, 0) is 0 Å². The molecule has 0 amide bonds. The molecule has 94 valence electrons. The number of carbonyl (C=O) groups excluding carboxylic acids is 2. The van der Waals surface area contributed by atoms with Gasteiger partial charge in [-0.25, -0.2) is 4.99 Å². The average Bonchev–Trinajstić information content (AvgIpc) is 2.40. The first-order chi connectivity index (χ1) is 8.69. The maximum atomic E-state index is 10.6. The van der Waals surface area contributed by atoms with Crippen LogP contribution in [-0.2, 0) is 9.59 Å². The van der Waals surface area contributed by atoms with Gasteiger partial charge in [-0.3, -0.25) is 4.79 Å². The molecule has 0 aliphatic rings. The maximum Gasteiger partial charge on any atom is 0.167 e. The number of carbonyl (C=O) groups is 2. The zero-order valence-electron chi connectivity index (χ0n) is 10.1. The van der Waals surface area contributed by atoms with Crippen LogP contribution >= 0.6 is 0 Å². The Labute approximate surface area is 106 Å². The van der Waals surface area contributed by atoms with E-state index in [0.717, 1.165) is 11.8 Å². The lowest BCUT2D eigenvalue weighted by Gasteiger charge is -2.18. The number of rotatable bonds is 5. The van der Waals surface area contributed by atoms with E-state index in [-0.39, 0.29) is 12.2 Å². The summed E-state index contributed by atoms with van der Waals surface area (Å²) in [5, 5.41) is 0. The summed E-state index contributed by atoms with van der Waals surface area (Å²) in [6, 6.07) is 9.35. The van der Waals surface area contributed by atoms with Crippen molar-refractivity contribution in [2.75, 3.05) is 13.6 Å². The number of likely N-dealkylation sites (N-methyl/N-ethyl adjacent to an activating group) is 1. The molecule has 0 heterocycles. The molecule has 0 atom stereocenters. The third-order valence-corrected chi connectivity index (χ3v) is 2.21. The largest absolute Gasteiger partial charge is 0.395 e. The summed E-state index contributed by atoms with van der Waals surface area (Å²) < 4.78 is 0. The summed E-state index contributed by atoms with van der Waals surface area (Å²) in [4.78, 5) is 26.8. The van der Waals surface area contributed by atoms with Crippen LogP contribution in [0.4, 0.5) is 0 Å². The minimum Gasteiger partial charge on any atom is -0.395 e. The van der Waals surface area contributed by atoms with E-state index in [1.807, 2.05) is 30.3 Å². The summed E-state index contributed by atoms with van der Waals surface area (Å²) in [6.45, 7) is 0.211. The van der Waals surface area contributed by atoms with E-state index in [9.17, 15) is 9.59 Å². The van der Waals surface area contributed by atoms with Crippen LogP contribution in [0.5, 0.6) is 0 Å². The normalized spacial score (nSPS) is 12.1. The van der Waals surface area contributed by atoms with Crippen molar-refractivity contribution in [2.45, 2.75) is 0 Å². The van der Waals surface area contributed by atoms with Crippen molar-refractivity contribution in [3.63, 3.8) is 0 Å². The lowest BCUT2D eigenvalue weighted by Crippen LogP contribution is -2.29. The van der Waals surface area contributed by atoms with Crippen LogP contribution in [0.25, 0.3) is 0 Å². The topological polar surface area (TPSA) is 75.8 Å². The lowest BCUT2D eigenvalue weighted by atomic mass is 10.2. The molecule has 0 spiro atoms. The molecule has 0 unspecified atom stereocenters. The Hall–Kier alpha value is -2.43. The standard InChI is InChI=1S/C13H15N3O2/c1-16(7-8-17)13(15-9-12(14)10-18)11-5-3-2-4-6-11/h2-6,8-10H,7,14H2,1H3/b12-9+,15-13?. The predicted octanol–water partition coefficient (Wildman–Crippen LogP) is 0.563. The van der Waals surface area contributed by atoms with Gasteiger partial charge in [-0.15, -0.1) is 0 Å². The SMILES string of the molecule is CN(CC=O)C(=N/C=C(/N)C=O)c1ccccc1. The van der Waals surface area contributed by atoms with Crippen LogP contribution in [0.1, 0.15) is 5.56 Å². The minimum atomic E-state index is 0.0305. The second-order valence-corrected chi connectivity index (χ2v) is 3.61. The third-order valence-electron chi connectivity index (χ3n) is 2.21. The Morgan fingerprint density at radius 3 is 2.56 bits per heavy atom. The molecule has 5 nitrogen and oxygen atoms in total. The first kappa shape index (κ1) is 13.6. The highest BCUT2D eigenvalue weighted by atomic mass is 16.1.